The molecule has 0 atom stereocenters. The second kappa shape index (κ2) is 3.06. The zero-order chi connectivity index (χ0) is 6.69. The molecule has 2 heteroatoms. The van der Waals surface area contributed by atoms with Gasteiger partial charge in [-0.15, -0.1) is 0 Å². The Morgan fingerprint density at radius 1 is 1.78 bits per heavy atom. The summed E-state index contributed by atoms with van der Waals surface area (Å²) in [4.78, 5) is 2.25. The molecule has 0 spiro atoms. The predicted molar refractivity (Wildman–Crippen MR) is 43.4 cm³/mol. The highest BCUT2D eigenvalue weighted by atomic mass is 79.9. The van der Waals surface area contributed by atoms with Crippen molar-refractivity contribution in [1.82, 2.24) is 4.90 Å². The zero-order valence-corrected chi connectivity index (χ0v) is 7.06. The average Bonchev–Trinajstić information content (AvgIpc) is 1.89. The Bertz CT molecular complexity index is 149. The number of allylic oxidation sites excluding steroid dienone is 2. The topological polar surface area (TPSA) is 3.24 Å². The summed E-state index contributed by atoms with van der Waals surface area (Å²) in [7, 11) is 0. The van der Waals surface area contributed by atoms with Crippen LogP contribution in [0.4, 0.5) is 0 Å². The van der Waals surface area contributed by atoms with Crippen LogP contribution in [-0.2, 0) is 0 Å². The molecule has 0 aromatic rings. The molecule has 0 aromatic carbocycles. The fraction of sp³-hybridized carbons (Fsp3) is 0.429. The first kappa shape index (κ1) is 6.87. The van der Waals surface area contributed by atoms with Crippen molar-refractivity contribution in [1.29, 1.82) is 0 Å². The first-order valence-corrected chi connectivity index (χ1v) is 3.91. The van der Waals surface area contributed by atoms with Crippen LogP contribution >= 0.6 is 15.9 Å². The molecule has 50 valence electrons. The van der Waals surface area contributed by atoms with Crippen molar-refractivity contribution in [2.75, 3.05) is 13.1 Å². The Balaban J connectivity index is 2.59. The summed E-state index contributed by atoms with van der Waals surface area (Å²) in [6.45, 7) is 4.25. The molecule has 0 bridgehead atoms. The average molecular weight is 188 g/mol. The van der Waals surface area contributed by atoms with Gasteiger partial charge in [-0.05, 0) is 28.9 Å². The standard InChI is InChI=1S/C7H10BrN/c1-2-9-6-4-3-5-7(9)8/h3-5H,2,6H2,1H3. The van der Waals surface area contributed by atoms with Crippen LogP contribution in [-0.4, -0.2) is 18.0 Å². The van der Waals surface area contributed by atoms with Gasteiger partial charge < -0.3 is 4.90 Å². The highest BCUT2D eigenvalue weighted by molar-refractivity contribution is 9.11. The van der Waals surface area contributed by atoms with Crippen molar-refractivity contribution in [3.8, 4) is 0 Å². The van der Waals surface area contributed by atoms with Crippen LogP contribution in [0.1, 0.15) is 6.92 Å². The normalized spacial score (nSPS) is 18.0. The van der Waals surface area contributed by atoms with Gasteiger partial charge in [0.1, 0.15) is 0 Å². The summed E-state index contributed by atoms with van der Waals surface area (Å²) in [5.41, 5.74) is 0. The largest absolute Gasteiger partial charge is 0.362 e. The Labute approximate surface area is 64.2 Å². The van der Waals surface area contributed by atoms with Gasteiger partial charge in [-0.2, -0.15) is 0 Å². The van der Waals surface area contributed by atoms with Gasteiger partial charge in [-0.1, -0.05) is 12.2 Å². The quantitative estimate of drug-likeness (QED) is 0.569. The Kier molecular flexibility index (Phi) is 2.34. The number of likely N-dealkylation sites (N-methyl/N-ethyl adjacent to an activating group) is 1. The van der Waals surface area contributed by atoms with E-state index in [1.54, 1.807) is 0 Å². The fourth-order valence-electron chi connectivity index (χ4n) is 0.808. The number of halogens is 1. The van der Waals surface area contributed by atoms with Crippen LogP contribution in [0, 0.1) is 0 Å². The fourth-order valence-corrected chi connectivity index (χ4v) is 1.36. The third-order valence-electron chi connectivity index (χ3n) is 1.38. The second-order valence-electron chi connectivity index (χ2n) is 1.96. The van der Waals surface area contributed by atoms with Gasteiger partial charge in [0, 0.05) is 13.1 Å². The summed E-state index contributed by atoms with van der Waals surface area (Å²) in [5, 5.41) is 0. The molecule has 1 aliphatic rings. The first-order chi connectivity index (χ1) is 4.34. The SMILES string of the molecule is CCN1CC=CC=C1Br. The van der Waals surface area contributed by atoms with E-state index < -0.39 is 0 Å². The van der Waals surface area contributed by atoms with Gasteiger partial charge in [0.25, 0.3) is 0 Å². The number of hydrogen-bond donors (Lipinski definition) is 0. The highest BCUT2D eigenvalue weighted by Gasteiger charge is 2.02. The minimum atomic E-state index is 1.04. The van der Waals surface area contributed by atoms with Crippen molar-refractivity contribution < 1.29 is 0 Å². The van der Waals surface area contributed by atoms with Crippen LogP contribution in [0.3, 0.4) is 0 Å². The molecule has 1 nitrogen and oxygen atoms in total. The van der Waals surface area contributed by atoms with Crippen molar-refractivity contribution >= 4 is 15.9 Å². The lowest BCUT2D eigenvalue weighted by atomic mass is 10.3. The van der Waals surface area contributed by atoms with Gasteiger partial charge in [-0.25, -0.2) is 0 Å². The van der Waals surface area contributed by atoms with Crippen LogP contribution in [0.5, 0.6) is 0 Å². The van der Waals surface area contributed by atoms with Crippen molar-refractivity contribution in [3.05, 3.63) is 22.8 Å². The van der Waals surface area contributed by atoms with Crippen LogP contribution < -0.4 is 0 Å². The van der Waals surface area contributed by atoms with Crippen LogP contribution in [0.2, 0.25) is 0 Å². The lowest BCUT2D eigenvalue weighted by Crippen LogP contribution is -2.21. The third kappa shape index (κ3) is 1.58. The van der Waals surface area contributed by atoms with E-state index in [9.17, 15) is 0 Å². The molecule has 0 amide bonds. The molecule has 0 aliphatic carbocycles. The summed E-state index contributed by atoms with van der Waals surface area (Å²) < 4.78 is 1.19. The van der Waals surface area contributed by atoms with Crippen molar-refractivity contribution in [2.45, 2.75) is 6.92 Å². The molecule has 0 N–H and O–H groups in total. The number of nitrogens with zero attached hydrogens (tertiary/aromatic N) is 1. The molecule has 0 radical (unpaired) electrons. The summed E-state index contributed by atoms with van der Waals surface area (Å²) in [6, 6.07) is 0. The van der Waals surface area contributed by atoms with Gasteiger partial charge in [0.15, 0.2) is 0 Å². The minimum Gasteiger partial charge on any atom is -0.362 e. The summed E-state index contributed by atoms with van der Waals surface area (Å²) in [6.07, 6.45) is 6.28. The van der Waals surface area contributed by atoms with Gasteiger partial charge in [0.05, 0.1) is 4.61 Å². The molecule has 0 fully saturated rings. The lowest BCUT2D eigenvalue weighted by Gasteiger charge is -2.22. The molecule has 0 saturated heterocycles. The smallest absolute Gasteiger partial charge is 0.0808 e. The maximum Gasteiger partial charge on any atom is 0.0808 e. The molecule has 0 saturated carbocycles. The van der Waals surface area contributed by atoms with E-state index in [0.29, 0.717) is 0 Å². The number of hydrogen-bond acceptors (Lipinski definition) is 1. The van der Waals surface area contributed by atoms with Crippen LogP contribution in [0.25, 0.3) is 0 Å². The molecule has 9 heavy (non-hydrogen) atoms. The second-order valence-corrected chi connectivity index (χ2v) is 2.77. The molecular weight excluding hydrogens is 178 g/mol. The lowest BCUT2D eigenvalue weighted by molar-refractivity contribution is 0.427. The molecular formula is C7H10BrN. The summed E-state index contributed by atoms with van der Waals surface area (Å²) >= 11 is 3.45. The molecule has 1 heterocycles. The Morgan fingerprint density at radius 2 is 2.56 bits per heavy atom. The van der Waals surface area contributed by atoms with Gasteiger partial charge in [0.2, 0.25) is 0 Å². The van der Waals surface area contributed by atoms with Gasteiger partial charge in [-0.3, -0.25) is 0 Å². The number of rotatable bonds is 1. The molecule has 0 aromatic heterocycles. The zero-order valence-electron chi connectivity index (χ0n) is 5.47. The van der Waals surface area contributed by atoms with Crippen molar-refractivity contribution in [2.24, 2.45) is 0 Å². The Morgan fingerprint density at radius 3 is 3.00 bits per heavy atom. The van der Waals surface area contributed by atoms with E-state index in [1.807, 2.05) is 0 Å². The molecule has 1 rings (SSSR count). The predicted octanol–water partition coefficient (Wildman–Crippen LogP) is 2.11. The highest BCUT2D eigenvalue weighted by Crippen LogP contribution is 2.14. The monoisotopic (exact) mass is 187 g/mol. The Hall–Kier alpha value is -0.240. The summed E-state index contributed by atoms with van der Waals surface area (Å²) in [5.74, 6) is 0. The van der Waals surface area contributed by atoms with E-state index in [-0.39, 0.29) is 0 Å². The van der Waals surface area contributed by atoms with Crippen molar-refractivity contribution in [3.63, 3.8) is 0 Å². The third-order valence-corrected chi connectivity index (χ3v) is 2.15. The maximum atomic E-state index is 3.45. The van der Waals surface area contributed by atoms with E-state index in [1.165, 1.54) is 4.61 Å². The van der Waals surface area contributed by atoms with E-state index in [0.717, 1.165) is 13.1 Å². The molecule has 0 unspecified atom stereocenters. The van der Waals surface area contributed by atoms with E-state index in [2.05, 4.69) is 46.0 Å². The van der Waals surface area contributed by atoms with Crippen LogP contribution in [0.15, 0.2) is 22.8 Å². The van der Waals surface area contributed by atoms with Gasteiger partial charge >= 0.3 is 0 Å². The van der Waals surface area contributed by atoms with E-state index >= 15 is 0 Å². The molecule has 1 aliphatic heterocycles. The van der Waals surface area contributed by atoms with E-state index in [4.69, 9.17) is 0 Å². The maximum absolute atomic E-state index is 3.45. The minimum absolute atomic E-state index is 1.04. The first-order valence-electron chi connectivity index (χ1n) is 3.12.